The van der Waals surface area contributed by atoms with Crippen molar-refractivity contribution < 1.29 is 20.1 Å². The Morgan fingerprint density at radius 1 is 0.405 bits per heavy atom. The van der Waals surface area contributed by atoms with Crippen molar-refractivity contribution in [1.29, 1.82) is 0 Å². The second kappa shape index (κ2) is 530. The van der Waals surface area contributed by atoms with Crippen LogP contribution in [0.1, 0.15) is 41.5 Å². The first-order valence-corrected chi connectivity index (χ1v) is 11.1. The molecule has 0 amide bonds. The van der Waals surface area contributed by atoms with E-state index in [0.29, 0.717) is 6.61 Å². The molecule has 0 aromatic rings. The second-order valence-corrected chi connectivity index (χ2v) is 3.61. The van der Waals surface area contributed by atoms with Gasteiger partial charge < -0.3 is 20.1 Å². The molecule has 0 atom stereocenters. The summed E-state index contributed by atoms with van der Waals surface area (Å²) < 4.78 is 4.44. The number of aliphatic hydroxyl groups excluding tert-OH is 3. The smallest absolute Gasteiger partial charge is 0.0693 e. The summed E-state index contributed by atoms with van der Waals surface area (Å²) in [6, 6.07) is 0. The van der Waals surface area contributed by atoms with Crippen LogP contribution in [0.3, 0.4) is 0 Å². The van der Waals surface area contributed by atoms with Crippen LogP contribution in [0.2, 0.25) is 0 Å². The number of hydrogen-bond acceptors (Lipinski definition) is 4. The summed E-state index contributed by atoms with van der Waals surface area (Å²) in [5, 5.41) is 23.2. The Bertz CT molecular complexity index is 213. The predicted molar refractivity (Wildman–Crippen MR) is 185 cm³/mol. The van der Waals surface area contributed by atoms with Crippen LogP contribution in [0.25, 0.3) is 0 Å². The Hall–Kier alpha value is -3.02. The average molecular weight is 531 g/mol. The Balaban J connectivity index is -0.0000000155. The molecule has 0 bridgehead atoms. The van der Waals surface area contributed by atoms with E-state index in [0.717, 1.165) is 0 Å². The maximum Gasteiger partial charge on any atom is 0.0693 e. The first-order valence-electron chi connectivity index (χ1n) is 11.1. The highest BCUT2D eigenvalue weighted by atomic mass is 16.5. The van der Waals surface area contributed by atoms with E-state index in [9.17, 15) is 0 Å². The lowest BCUT2D eigenvalue weighted by Crippen LogP contribution is -1.91. The largest absolute Gasteiger partial charge is 0.394 e. The summed E-state index contributed by atoms with van der Waals surface area (Å²) >= 11 is 0. The minimum Gasteiger partial charge on any atom is -0.394 e. The molecule has 0 spiro atoms. The molecule has 226 valence electrons. The molecule has 37 heavy (non-hydrogen) atoms. The predicted octanol–water partition coefficient (Wildman–Crippen LogP) is 9.76. The van der Waals surface area contributed by atoms with Crippen molar-refractivity contribution in [2.45, 2.75) is 41.5 Å². The first kappa shape index (κ1) is 84.0. The molecule has 0 aromatic heterocycles. The Kier molecular flexibility index (Phi) is 1200. The third-order valence-corrected chi connectivity index (χ3v) is 0.395. The molecule has 4 nitrogen and oxygen atoms in total. The van der Waals surface area contributed by atoms with E-state index in [1.165, 1.54) is 0 Å². The maximum atomic E-state index is 7.94. The summed E-state index contributed by atoms with van der Waals surface area (Å²) in [4.78, 5) is 0. The Morgan fingerprint density at radius 3 is 0.514 bits per heavy atom. The lowest BCUT2D eigenvalue weighted by atomic mass is 10.8. The molecule has 0 radical (unpaired) electrons. The van der Waals surface area contributed by atoms with Crippen molar-refractivity contribution in [3.8, 4) is 0 Å². The number of rotatable bonds is 3. The molecule has 0 aliphatic heterocycles. The molecule has 0 aliphatic carbocycles. The van der Waals surface area contributed by atoms with E-state index in [1.807, 2.05) is 41.5 Å². The van der Waals surface area contributed by atoms with Crippen LogP contribution in [0.15, 0.2) is 142 Å². The van der Waals surface area contributed by atoms with Gasteiger partial charge in [-0.2, -0.15) is 0 Å². The molecule has 0 heterocycles. The average Bonchev–Trinajstić information content (AvgIpc) is 2.93. The third kappa shape index (κ3) is 79100000. The van der Waals surface area contributed by atoms with Gasteiger partial charge in [-0.3, -0.25) is 0 Å². The highest BCUT2D eigenvalue weighted by Gasteiger charge is 1.67. The number of ether oxygens (including phenoxy) is 1. The van der Waals surface area contributed by atoms with Crippen LogP contribution in [-0.4, -0.2) is 48.9 Å². The quantitative estimate of drug-likeness (QED) is 0.318. The molecular weight excluding hydrogens is 460 g/mol. The molecule has 4 heteroatoms. The summed E-state index contributed by atoms with van der Waals surface area (Å²) in [6.07, 6.45) is 10.5. The maximum absolute atomic E-state index is 7.94. The van der Waals surface area contributed by atoms with Gasteiger partial charge in [0, 0.05) is 7.11 Å². The van der Waals surface area contributed by atoms with Crippen LogP contribution in [-0.2, 0) is 4.74 Å². The zero-order valence-electron chi connectivity index (χ0n) is 26.4. The van der Waals surface area contributed by atoms with Crippen molar-refractivity contribution in [3.05, 3.63) is 142 Å². The molecule has 0 rings (SSSR count). The van der Waals surface area contributed by atoms with Gasteiger partial charge in [0.25, 0.3) is 0 Å². The van der Waals surface area contributed by atoms with Crippen LogP contribution in [0.4, 0.5) is 0 Å². The van der Waals surface area contributed by atoms with Gasteiger partial charge in [0.15, 0.2) is 0 Å². The molecule has 0 unspecified atom stereocenters. The number of methoxy groups -OCH3 is 1. The fourth-order valence-electron chi connectivity index (χ4n) is 0.0913. The molecule has 0 saturated carbocycles. The fourth-order valence-corrected chi connectivity index (χ4v) is 0.0913. The topological polar surface area (TPSA) is 69.9 Å². The SMILES string of the molecule is C=C.C=C.C=C.C=C.C=C.C=CC.C=CC.C=CC.C=CC.C=CC.C=CC.COCCO.OCCO. The van der Waals surface area contributed by atoms with E-state index in [4.69, 9.17) is 15.3 Å². The normalized spacial score (nSPS) is 4.59. The fraction of sp³-hybridized carbons (Fsp3) is 0.333. The molecular formula is C33H70O4. The summed E-state index contributed by atoms with van der Waals surface area (Å²) in [5.41, 5.74) is 0. The third-order valence-electron chi connectivity index (χ3n) is 0.395. The van der Waals surface area contributed by atoms with Crippen LogP contribution in [0.5, 0.6) is 0 Å². The molecule has 0 aliphatic rings. The molecule has 0 aromatic carbocycles. The molecule has 3 N–H and O–H groups in total. The second-order valence-electron chi connectivity index (χ2n) is 3.61. The lowest BCUT2D eigenvalue weighted by Gasteiger charge is -1.84. The van der Waals surface area contributed by atoms with Gasteiger partial charge in [-0.05, 0) is 41.5 Å². The van der Waals surface area contributed by atoms with Gasteiger partial charge in [0.05, 0.1) is 26.4 Å². The monoisotopic (exact) mass is 531 g/mol. The Labute approximate surface area is 236 Å². The first-order chi connectivity index (χ1) is 17.8. The zero-order valence-corrected chi connectivity index (χ0v) is 26.4. The van der Waals surface area contributed by atoms with Crippen LogP contribution < -0.4 is 0 Å². The van der Waals surface area contributed by atoms with Crippen molar-refractivity contribution in [2.24, 2.45) is 0 Å². The van der Waals surface area contributed by atoms with Gasteiger partial charge in [0.2, 0.25) is 0 Å². The van der Waals surface area contributed by atoms with E-state index < -0.39 is 0 Å². The Morgan fingerprint density at radius 2 is 0.514 bits per heavy atom. The standard InChI is InChI=1S/C3H8O2.6C3H6.C2H6O2.5C2H4/c1-5-3-2-4;6*1-3-2;3-1-2-4;5*1-2/h4H,2-3H2,1H3;6*3H,1H2,2H3;3-4H,1-2H2;5*1-2H2. The summed E-state index contributed by atoms with van der Waals surface area (Å²) in [6.45, 7) is 61.8. The van der Waals surface area contributed by atoms with E-state index in [1.54, 1.807) is 43.6 Å². The summed E-state index contributed by atoms with van der Waals surface area (Å²) in [5.74, 6) is 0. The highest BCUT2D eigenvalue weighted by molar-refractivity contribution is 4.53. The minimum atomic E-state index is -0.125. The number of allylic oxidation sites excluding steroid dienone is 6. The van der Waals surface area contributed by atoms with Gasteiger partial charge in [-0.25, -0.2) is 0 Å². The lowest BCUT2D eigenvalue weighted by molar-refractivity contribution is 0.135. The molecule has 0 fully saturated rings. The van der Waals surface area contributed by atoms with Crippen molar-refractivity contribution in [2.75, 3.05) is 33.5 Å². The minimum absolute atomic E-state index is 0.122. The zero-order chi connectivity index (χ0) is 33.8. The van der Waals surface area contributed by atoms with Crippen LogP contribution >= 0.6 is 0 Å². The number of hydrogen-bond donors (Lipinski definition) is 3. The molecule has 0 saturated heterocycles. The van der Waals surface area contributed by atoms with Crippen LogP contribution in [0, 0.1) is 0 Å². The van der Waals surface area contributed by atoms with Crippen molar-refractivity contribution >= 4 is 0 Å². The van der Waals surface area contributed by atoms with Crippen molar-refractivity contribution in [3.63, 3.8) is 0 Å². The van der Waals surface area contributed by atoms with Gasteiger partial charge in [-0.15, -0.1) is 105 Å². The summed E-state index contributed by atoms with van der Waals surface area (Å²) in [7, 11) is 1.55. The van der Waals surface area contributed by atoms with Gasteiger partial charge >= 0.3 is 0 Å². The van der Waals surface area contributed by atoms with Gasteiger partial charge in [0.1, 0.15) is 0 Å². The van der Waals surface area contributed by atoms with E-state index in [2.05, 4.69) is 110 Å². The van der Waals surface area contributed by atoms with Crippen molar-refractivity contribution in [1.82, 2.24) is 0 Å². The number of aliphatic hydroxyl groups is 3. The van der Waals surface area contributed by atoms with E-state index in [-0.39, 0.29) is 19.8 Å². The van der Waals surface area contributed by atoms with E-state index >= 15 is 0 Å². The van der Waals surface area contributed by atoms with Gasteiger partial charge in [-0.1, -0.05) is 36.5 Å². The highest BCUT2D eigenvalue weighted by Crippen LogP contribution is 1.56.